The van der Waals surface area contributed by atoms with E-state index in [0.717, 1.165) is 23.1 Å². The third-order valence-corrected chi connectivity index (χ3v) is 3.19. The van der Waals surface area contributed by atoms with E-state index >= 15 is 0 Å². The lowest BCUT2D eigenvalue weighted by Crippen LogP contribution is -2.30. The van der Waals surface area contributed by atoms with Gasteiger partial charge in [-0.1, -0.05) is 18.2 Å². The molecule has 0 saturated carbocycles. The van der Waals surface area contributed by atoms with Gasteiger partial charge in [0.1, 0.15) is 0 Å². The van der Waals surface area contributed by atoms with E-state index < -0.39 is 0 Å². The Balaban J connectivity index is 2.43. The third-order valence-electron chi connectivity index (χ3n) is 3.19. The number of fused-ring (bicyclic) bond motifs is 1. The van der Waals surface area contributed by atoms with Crippen LogP contribution in [0, 0.1) is 0 Å². The standard InChI is InChI=1S/C15H21N3O/c1-11(10-17(2)3)16-13-9-15(19)18(4)14-8-6-5-7-12(13)14/h5-9,11,16H,10H2,1-4H3. The summed E-state index contributed by atoms with van der Waals surface area (Å²) in [7, 11) is 5.89. The average Bonchev–Trinajstić information content (AvgIpc) is 2.34. The molecule has 102 valence electrons. The van der Waals surface area contributed by atoms with Gasteiger partial charge in [-0.15, -0.1) is 0 Å². The summed E-state index contributed by atoms with van der Waals surface area (Å²) in [4.78, 5) is 14.1. The summed E-state index contributed by atoms with van der Waals surface area (Å²) in [6, 6.07) is 9.92. The van der Waals surface area contributed by atoms with Crippen LogP contribution in [0.3, 0.4) is 0 Å². The molecule has 0 saturated heterocycles. The van der Waals surface area contributed by atoms with Gasteiger partial charge in [0.15, 0.2) is 0 Å². The van der Waals surface area contributed by atoms with Gasteiger partial charge in [0.2, 0.25) is 0 Å². The van der Waals surface area contributed by atoms with Crippen LogP contribution in [0.15, 0.2) is 35.1 Å². The molecule has 4 heteroatoms. The van der Waals surface area contributed by atoms with Crippen LogP contribution in [0.5, 0.6) is 0 Å². The molecule has 0 aliphatic carbocycles. The Kier molecular flexibility index (Phi) is 3.90. The fourth-order valence-electron chi connectivity index (χ4n) is 2.39. The second kappa shape index (κ2) is 5.45. The van der Waals surface area contributed by atoms with Gasteiger partial charge in [0.05, 0.1) is 5.52 Å². The number of anilines is 1. The van der Waals surface area contributed by atoms with Crippen LogP contribution >= 0.6 is 0 Å². The summed E-state index contributed by atoms with van der Waals surface area (Å²) < 4.78 is 1.68. The van der Waals surface area contributed by atoms with Crippen LogP contribution < -0.4 is 10.9 Å². The summed E-state index contributed by atoms with van der Waals surface area (Å²) in [6.45, 7) is 3.04. The molecule has 0 fully saturated rings. The maximum atomic E-state index is 12.0. The van der Waals surface area contributed by atoms with Gasteiger partial charge < -0.3 is 14.8 Å². The molecule has 2 rings (SSSR count). The van der Waals surface area contributed by atoms with Crippen LogP contribution in [0.4, 0.5) is 5.69 Å². The molecular weight excluding hydrogens is 238 g/mol. The van der Waals surface area contributed by atoms with Crippen molar-refractivity contribution in [2.75, 3.05) is 26.0 Å². The molecule has 4 nitrogen and oxygen atoms in total. The molecule has 0 aliphatic rings. The Hall–Kier alpha value is -1.81. The molecule has 1 heterocycles. The van der Waals surface area contributed by atoms with Crippen molar-refractivity contribution in [3.05, 3.63) is 40.7 Å². The van der Waals surface area contributed by atoms with Crippen molar-refractivity contribution in [2.45, 2.75) is 13.0 Å². The molecule has 0 radical (unpaired) electrons. The second-order valence-electron chi connectivity index (χ2n) is 5.28. The van der Waals surface area contributed by atoms with E-state index in [9.17, 15) is 4.79 Å². The number of nitrogens with zero attached hydrogens (tertiary/aromatic N) is 2. The van der Waals surface area contributed by atoms with Gasteiger partial charge in [0, 0.05) is 36.8 Å². The minimum Gasteiger partial charge on any atom is -0.381 e. The Bertz CT molecular complexity index is 631. The zero-order chi connectivity index (χ0) is 14.0. The Morgan fingerprint density at radius 3 is 2.68 bits per heavy atom. The largest absolute Gasteiger partial charge is 0.381 e. The van der Waals surface area contributed by atoms with Crippen molar-refractivity contribution in [3.8, 4) is 0 Å². The fraction of sp³-hybridized carbons (Fsp3) is 0.400. The van der Waals surface area contributed by atoms with Crippen LogP contribution in [0.25, 0.3) is 10.9 Å². The summed E-state index contributed by atoms with van der Waals surface area (Å²) in [6.07, 6.45) is 0. The lowest BCUT2D eigenvalue weighted by molar-refractivity contribution is 0.392. The summed E-state index contributed by atoms with van der Waals surface area (Å²) in [5.74, 6) is 0. The molecular formula is C15H21N3O. The third kappa shape index (κ3) is 2.96. The van der Waals surface area contributed by atoms with E-state index in [0.29, 0.717) is 0 Å². The van der Waals surface area contributed by atoms with E-state index in [4.69, 9.17) is 0 Å². The van der Waals surface area contributed by atoms with Crippen molar-refractivity contribution < 1.29 is 0 Å². The van der Waals surface area contributed by atoms with Crippen LogP contribution in [-0.2, 0) is 7.05 Å². The van der Waals surface area contributed by atoms with Crippen LogP contribution in [-0.4, -0.2) is 36.1 Å². The van der Waals surface area contributed by atoms with Gasteiger partial charge >= 0.3 is 0 Å². The SMILES string of the molecule is CC(CN(C)C)Nc1cc(=O)n(C)c2ccccc12. The highest BCUT2D eigenvalue weighted by molar-refractivity contribution is 5.91. The quantitative estimate of drug-likeness (QED) is 0.911. The molecule has 1 N–H and O–H groups in total. The van der Waals surface area contributed by atoms with Crippen molar-refractivity contribution >= 4 is 16.6 Å². The molecule has 1 aromatic heterocycles. The Labute approximate surface area is 113 Å². The number of aryl methyl sites for hydroxylation is 1. The first kappa shape index (κ1) is 13.6. The molecule has 1 atom stereocenters. The first-order valence-electron chi connectivity index (χ1n) is 6.49. The van der Waals surface area contributed by atoms with Gasteiger partial charge in [-0.25, -0.2) is 0 Å². The van der Waals surface area contributed by atoms with Crippen LogP contribution in [0.1, 0.15) is 6.92 Å². The van der Waals surface area contributed by atoms with Crippen molar-refractivity contribution in [3.63, 3.8) is 0 Å². The highest BCUT2D eigenvalue weighted by Gasteiger charge is 2.09. The fourth-order valence-corrected chi connectivity index (χ4v) is 2.39. The van der Waals surface area contributed by atoms with E-state index in [2.05, 4.69) is 17.1 Å². The second-order valence-corrected chi connectivity index (χ2v) is 5.28. The highest BCUT2D eigenvalue weighted by Crippen LogP contribution is 2.21. The zero-order valence-corrected chi connectivity index (χ0v) is 12.0. The monoisotopic (exact) mass is 259 g/mol. The Morgan fingerprint density at radius 2 is 2.00 bits per heavy atom. The number of pyridine rings is 1. The normalized spacial score (nSPS) is 12.9. The number of hydrogen-bond donors (Lipinski definition) is 1. The Morgan fingerprint density at radius 1 is 1.32 bits per heavy atom. The maximum absolute atomic E-state index is 12.0. The minimum absolute atomic E-state index is 0.0123. The first-order valence-corrected chi connectivity index (χ1v) is 6.49. The molecule has 0 bridgehead atoms. The number of likely N-dealkylation sites (N-methyl/N-ethyl adjacent to an activating group) is 1. The molecule has 0 amide bonds. The zero-order valence-electron chi connectivity index (χ0n) is 12.0. The summed E-state index contributed by atoms with van der Waals surface area (Å²) in [5.41, 5.74) is 1.88. The lowest BCUT2D eigenvalue weighted by atomic mass is 10.1. The predicted octanol–water partition coefficient (Wildman–Crippen LogP) is 1.90. The van der Waals surface area contributed by atoms with Crippen molar-refractivity contribution in [1.29, 1.82) is 0 Å². The number of aromatic nitrogens is 1. The molecule has 0 spiro atoms. The summed E-state index contributed by atoms with van der Waals surface area (Å²) >= 11 is 0. The smallest absolute Gasteiger partial charge is 0.252 e. The van der Waals surface area contributed by atoms with E-state index in [-0.39, 0.29) is 11.6 Å². The topological polar surface area (TPSA) is 37.3 Å². The van der Waals surface area contributed by atoms with Crippen molar-refractivity contribution in [2.24, 2.45) is 7.05 Å². The number of benzene rings is 1. The highest BCUT2D eigenvalue weighted by atomic mass is 16.1. The van der Waals surface area contributed by atoms with Gasteiger partial charge in [-0.3, -0.25) is 4.79 Å². The molecule has 2 aromatic rings. The number of rotatable bonds is 4. The van der Waals surface area contributed by atoms with Gasteiger partial charge in [-0.2, -0.15) is 0 Å². The molecule has 1 unspecified atom stereocenters. The van der Waals surface area contributed by atoms with Gasteiger partial charge in [-0.05, 0) is 27.1 Å². The maximum Gasteiger partial charge on any atom is 0.252 e. The van der Waals surface area contributed by atoms with E-state index in [1.54, 1.807) is 17.7 Å². The predicted molar refractivity (Wildman–Crippen MR) is 80.8 cm³/mol. The van der Waals surface area contributed by atoms with E-state index in [1.807, 2.05) is 38.4 Å². The van der Waals surface area contributed by atoms with Crippen LogP contribution in [0.2, 0.25) is 0 Å². The first-order chi connectivity index (χ1) is 8.99. The molecule has 1 aromatic carbocycles. The van der Waals surface area contributed by atoms with Crippen molar-refractivity contribution in [1.82, 2.24) is 9.47 Å². The average molecular weight is 259 g/mol. The number of para-hydroxylation sites is 1. The van der Waals surface area contributed by atoms with Gasteiger partial charge in [0.25, 0.3) is 5.56 Å². The lowest BCUT2D eigenvalue weighted by Gasteiger charge is -2.20. The van der Waals surface area contributed by atoms with E-state index in [1.165, 1.54) is 0 Å². The molecule has 0 aliphatic heterocycles. The number of hydrogen-bond acceptors (Lipinski definition) is 3. The summed E-state index contributed by atoms with van der Waals surface area (Å²) in [5, 5.41) is 4.51. The minimum atomic E-state index is 0.0123. The number of nitrogens with one attached hydrogen (secondary N) is 1. The molecule has 19 heavy (non-hydrogen) atoms.